The Morgan fingerprint density at radius 3 is 2.57 bits per heavy atom. The van der Waals surface area contributed by atoms with Gasteiger partial charge in [-0.1, -0.05) is 0 Å². The Kier molecular flexibility index (Phi) is 3.84. The average Bonchev–Trinajstić information content (AvgIpc) is 2.16. The van der Waals surface area contributed by atoms with E-state index in [0.717, 1.165) is 0 Å². The summed E-state index contributed by atoms with van der Waals surface area (Å²) >= 11 is 0. The standard InChI is InChI=1S/C8H14NO4P/c10-7(11)5-3-4(1-2-9-5)6(14)8(12)13/h4-6,9H,1-3,14H2,(H,10,11)(H,12,13)/t4-,5+,6?/m0/s1. The van der Waals surface area contributed by atoms with Gasteiger partial charge in [0.1, 0.15) is 6.04 Å². The van der Waals surface area contributed by atoms with Crippen LogP contribution >= 0.6 is 9.24 Å². The molecule has 3 N–H and O–H groups in total. The molecule has 5 nitrogen and oxygen atoms in total. The normalized spacial score (nSPS) is 29.5. The van der Waals surface area contributed by atoms with Crippen LogP contribution < -0.4 is 5.32 Å². The molecule has 2 unspecified atom stereocenters. The van der Waals surface area contributed by atoms with Gasteiger partial charge >= 0.3 is 11.9 Å². The highest BCUT2D eigenvalue weighted by atomic mass is 31.0. The fourth-order valence-corrected chi connectivity index (χ4v) is 2.01. The number of hydrogen-bond acceptors (Lipinski definition) is 3. The summed E-state index contributed by atoms with van der Waals surface area (Å²) in [4.78, 5) is 21.4. The van der Waals surface area contributed by atoms with Crippen LogP contribution in [0.3, 0.4) is 0 Å². The van der Waals surface area contributed by atoms with Gasteiger partial charge in [0.25, 0.3) is 0 Å². The number of carbonyl (C=O) groups is 2. The number of hydrogen-bond donors (Lipinski definition) is 3. The Bertz CT molecular complexity index is 233. The number of piperidine rings is 1. The van der Waals surface area contributed by atoms with Gasteiger partial charge in [0.05, 0.1) is 5.66 Å². The van der Waals surface area contributed by atoms with E-state index in [9.17, 15) is 9.59 Å². The minimum atomic E-state index is -0.905. The molecule has 1 heterocycles. The summed E-state index contributed by atoms with van der Waals surface area (Å²) in [6.07, 6.45) is 1.10. The summed E-state index contributed by atoms with van der Waals surface area (Å²) in [7, 11) is 2.27. The average molecular weight is 219 g/mol. The van der Waals surface area contributed by atoms with Crippen LogP contribution in [0.5, 0.6) is 0 Å². The molecule has 0 aliphatic carbocycles. The number of carboxylic acid groups (broad SMARTS) is 2. The molecule has 0 aromatic rings. The number of aliphatic carboxylic acids is 2. The third-order valence-corrected chi connectivity index (χ3v) is 3.36. The fraction of sp³-hybridized carbons (Fsp3) is 0.750. The van der Waals surface area contributed by atoms with Crippen molar-refractivity contribution in [1.82, 2.24) is 5.32 Å². The van der Waals surface area contributed by atoms with Gasteiger partial charge in [-0.3, -0.25) is 9.59 Å². The van der Waals surface area contributed by atoms with Gasteiger partial charge in [-0.25, -0.2) is 0 Å². The zero-order valence-corrected chi connectivity index (χ0v) is 8.80. The minimum Gasteiger partial charge on any atom is -0.481 e. The first-order chi connectivity index (χ1) is 6.52. The highest BCUT2D eigenvalue weighted by Crippen LogP contribution is 2.25. The van der Waals surface area contributed by atoms with Crippen molar-refractivity contribution in [3.63, 3.8) is 0 Å². The molecular weight excluding hydrogens is 205 g/mol. The maximum atomic E-state index is 10.7. The first kappa shape index (κ1) is 11.4. The predicted octanol–water partition coefficient (Wildman–Crippen LogP) is -0.233. The smallest absolute Gasteiger partial charge is 0.320 e. The van der Waals surface area contributed by atoms with Gasteiger partial charge in [-0.15, -0.1) is 9.24 Å². The third-order valence-electron chi connectivity index (χ3n) is 2.54. The molecule has 0 spiro atoms. The summed E-state index contributed by atoms with van der Waals surface area (Å²) in [5.74, 6) is -1.86. The van der Waals surface area contributed by atoms with Crippen molar-refractivity contribution in [2.45, 2.75) is 24.5 Å². The van der Waals surface area contributed by atoms with Gasteiger partial charge in [0.15, 0.2) is 0 Å². The Morgan fingerprint density at radius 1 is 1.43 bits per heavy atom. The van der Waals surface area contributed by atoms with Crippen LogP contribution in [0.4, 0.5) is 0 Å². The Labute approximate surface area is 84.1 Å². The summed E-state index contributed by atoms with van der Waals surface area (Å²) in [6.45, 7) is 0.569. The first-order valence-corrected chi connectivity index (χ1v) is 5.13. The van der Waals surface area contributed by atoms with E-state index in [1.54, 1.807) is 0 Å². The van der Waals surface area contributed by atoms with Crippen molar-refractivity contribution in [2.24, 2.45) is 5.92 Å². The monoisotopic (exact) mass is 219 g/mol. The molecule has 0 aromatic heterocycles. The molecule has 1 aliphatic heterocycles. The molecule has 0 radical (unpaired) electrons. The molecule has 1 rings (SSSR count). The van der Waals surface area contributed by atoms with Gasteiger partial charge in [0, 0.05) is 0 Å². The highest BCUT2D eigenvalue weighted by Gasteiger charge is 2.32. The molecule has 4 atom stereocenters. The fourth-order valence-electron chi connectivity index (χ4n) is 1.66. The van der Waals surface area contributed by atoms with Gasteiger partial charge < -0.3 is 15.5 Å². The van der Waals surface area contributed by atoms with E-state index in [0.29, 0.717) is 19.4 Å². The van der Waals surface area contributed by atoms with Crippen LogP contribution in [0.25, 0.3) is 0 Å². The Balaban J connectivity index is 2.55. The quantitative estimate of drug-likeness (QED) is 0.571. The molecule has 1 saturated heterocycles. The second-order valence-corrected chi connectivity index (χ2v) is 4.21. The zero-order chi connectivity index (χ0) is 10.7. The van der Waals surface area contributed by atoms with Crippen molar-refractivity contribution >= 4 is 21.2 Å². The summed E-state index contributed by atoms with van der Waals surface area (Å²) in [5.41, 5.74) is -0.543. The van der Waals surface area contributed by atoms with E-state index < -0.39 is 23.6 Å². The molecule has 80 valence electrons. The van der Waals surface area contributed by atoms with E-state index in [1.165, 1.54) is 0 Å². The van der Waals surface area contributed by atoms with Crippen molar-refractivity contribution in [3.05, 3.63) is 0 Å². The molecule has 0 bridgehead atoms. The second-order valence-electron chi connectivity index (χ2n) is 3.49. The largest absolute Gasteiger partial charge is 0.481 e. The van der Waals surface area contributed by atoms with E-state index >= 15 is 0 Å². The molecule has 1 aliphatic rings. The highest BCUT2D eigenvalue weighted by molar-refractivity contribution is 7.19. The number of nitrogens with one attached hydrogen (secondary N) is 1. The van der Waals surface area contributed by atoms with Crippen molar-refractivity contribution < 1.29 is 19.8 Å². The van der Waals surface area contributed by atoms with E-state index in [4.69, 9.17) is 10.2 Å². The Hall–Kier alpha value is -0.670. The summed E-state index contributed by atoms with van der Waals surface area (Å²) in [6, 6.07) is -0.601. The van der Waals surface area contributed by atoms with Crippen molar-refractivity contribution in [1.29, 1.82) is 0 Å². The van der Waals surface area contributed by atoms with Gasteiger partial charge in [-0.2, -0.15) is 0 Å². The molecule has 0 aromatic carbocycles. The molecular formula is C8H14NO4P. The lowest BCUT2D eigenvalue weighted by Gasteiger charge is -2.29. The van der Waals surface area contributed by atoms with Gasteiger partial charge in [-0.05, 0) is 25.3 Å². The van der Waals surface area contributed by atoms with E-state index in [-0.39, 0.29) is 5.92 Å². The maximum Gasteiger partial charge on any atom is 0.320 e. The maximum absolute atomic E-state index is 10.7. The predicted molar refractivity (Wildman–Crippen MR) is 53.3 cm³/mol. The van der Waals surface area contributed by atoms with Gasteiger partial charge in [0.2, 0.25) is 0 Å². The van der Waals surface area contributed by atoms with E-state index in [2.05, 4.69) is 14.6 Å². The SMILES string of the molecule is O=C(O)C(P)[C@H]1CCN[C@@H](C(=O)O)C1. The molecule has 0 amide bonds. The molecule has 0 saturated carbocycles. The minimum absolute atomic E-state index is 0.0696. The van der Waals surface area contributed by atoms with Crippen LogP contribution in [0.1, 0.15) is 12.8 Å². The second kappa shape index (κ2) is 4.71. The van der Waals surface area contributed by atoms with Crippen LogP contribution in [-0.4, -0.2) is 40.4 Å². The van der Waals surface area contributed by atoms with Crippen molar-refractivity contribution in [2.75, 3.05) is 6.54 Å². The summed E-state index contributed by atoms with van der Waals surface area (Å²) in [5, 5.41) is 20.4. The molecule has 1 fully saturated rings. The van der Waals surface area contributed by atoms with Crippen LogP contribution in [0, 0.1) is 5.92 Å². The molecule has 6 heteroatoms. The Morgan fingerprint density at radius 2 is 2.07 bits per heavy atom. The van der Waals surface area contributed by atoms with Crippen LogP contribution in [0.2, 0.25) is 0 Å². The topological polar surface area (TPSA) is 86.6 Å². The lowest BCUT2D eigenvalue weighted by molar-refractivity contribution is -0.142. The number of rotatable bonds is 3. The lowest BCUT2D eigenvalue weighted by Crippen LogP contribution is -2.46. The first-order valence-electron chi connectivity index (χ1n) is 4.47. The van der Waals surface area contributed by atoms with Crippen molar-refractivity contribution in [3.8, 4) is 0 Å². The van der Waals surface area contributed by atoms with Crippen LogP contribution in [-0.2, 0) is 9.59 Å². The number of carboxylic acids is 2. The third kappa shape index (κ3) is 2.66. The van der Waals surface area contributed by atoms with Crippen LogP contribution in [0.15, 0.2) is 0 Å². The van der Waals surface area contributed by atoms with E-state index in [1.807, 2.05) is 0 Å². The zero-order valence-electron chi connectivity index (χ0n) is 7.64. The summed E-state index contributed by atoms with van der Waals surface area (Å²) < 4.78 is 0. The lowest BCUT2D eigenvalue weighted by atomic mass is 9.89. The molecule has 14 heavy (non-hydrogen) atoms.